The molecule has 14 heavy (non-hydrogen) atoms. The number of nitrogens with zero attached hydrogens (tertiary/aromatic N) is 2. The van der Waals surface area contributed by atoms with Gasteiger partial charge in [-0.3, -0.25) is 9.69 Å². The maximum atomic E-state index is 11.1. The molecule has 3 rings (SSSR count). The van der Waals surface area contributed by atoms with Gasteiger partial charge in [-0.15, -0.1) is 0 Å². The summed E-state index contributed by atoms with van der Waals surface area (Å²) in [5.74, 6) is 0.252. The highest BCUT2D eigenvalue weighted by Gasteiger charge is 2.47. The molecule has 76 valence electrons. The highest BCUT2D eigenvalue weighted by atomic mass is 16.1. The van der Waals surface area contributed by atoms with Crippen molar-refractivity contribution in [1.29, 1.82) is 5.26 Å². The van der Waals surface area contributed by atoms with Gasteiger partial charge in [-0.25, -0.2) is 0 Å². The molecule has 3 aliphatic heterocycles. The van der Waals surface area contributed by atoms with Crippen LogP contribution in [0, 0.1) is 17.2 Å². The van der Waals surface area contributed by atoms with Crippen molar-refractivity contribution in [2.75, 3.05) is 19.6 Å². The van der Waals surface area contributed by atoms with Crippen molar-refractivity contribution in [3.63, 3.8) is 0 Å². The van der Waals surface area contributed by atoms with E-state index >= 15 is 0 Å². The fraction of sp³-hybridized carbons (Fsp3) is 0.800. The van der Waals surface area contributed by atoms with Crippen LogP contribution in [0.3, 0.4) is 0 Å². The van der Waals surface area contributed by atoms with E-state index in [2.05, 4.69) is 16.3 Å². The molecule has 0 radical (unpaired) electrons. The van der Waals surface area contributed by atoms with E-state index in [4.69, 9.17) is 0 Å². The molecule has 1 atom stereocenters. The number of amides is 1. The molecule has 1 amide bonds. The Morgan fingerprint density at radius 1 is 1.57 bits per heavy atom. The third kappa shape index (κ3) is 1.38. The van der Waals surface area contributed by atoms with Gasteiger partial charge in [0.15, 0.2) is 0 Å². The molecule has 4 heteroatoms. The zero-order valence-corrected chi connectivity index (χ0v) is 8.42. The van der Waals surface area contributed by atoms with E-state index in [0.717, 1.165) is 25.9 Å². The van der Waals surface area contributed by atoms with Gasteiger partial charge in [0.1, 0.15) is 5.54 Å². The first-order valence-corrected chi connectivity index (χ1v) is 5.09. The number of piperidine rings is 3. The molecule has 2 bridgehead atoms. The Bertz CT molecular complexity index is 288. The van der Waals surface area contributed by atoms with Crippen molar-refractivity contribution in [3.05, 3.63) is 0 Å². The van der Waals surface area contributed by atoms with E-state index in [1.165, 1.54) is 6.92 Å². The summed E-state index contributed by atoms with van der Waals surface area (Å²) in [5, 5.41) is 12.1. The van der Waals surface area contributed by atoms with Crippen LogP contribution < -0.4 is 5.32 Å². The molecule has 3 saturated heterocycles. The highest BCUT2D eigenvalue weighted by Crippen LogP contribution is 2.35. The monoisotopic (exact) mass is 193 g/mol. The molecule has 3 heterocycles. The fourth-order valence-corrected chi connectivity index (χ4v) is 2.68. The van der Waals surface area contributed by atoms with Crippen molar-refractivity contribution in [1.82, 2.24) is 10.2 Å². The molecular weight excluding hydrogens is 178 g/mol. The maximum Gasteiger partial charge on any atom is 0.218 e. The SMILES string of the molecule is CC(=O)NC1(C#N)CN2CCC1CC2. The van der Waals surface area contributed by atoms with Crippen LogP contribution in [0.15, 0.2) is 0 Å². The quantitative estimate of drug-likeness (QED) is 0.643. The minimum absolute atomic E-state index is 0.0969. The molecule has 0 aromatic carbocycles. The van der Waals surface area contributed by atoms with Gasteiger partial charge in [0.25, 0.3) is 0 Å². The van der Waals surface area contributed by atoms with E-state index in [1.807, 2.05) is 0 Å². The molecule has 0 spiro atoms. The van der Waals surface area contributed by atoms with Crippen molar-refractivity contribution in [2.45, 2.75) is 25.3 Å². The van der Waals surface area contributed by atoms with E-state index in [-0.39, 0.29) is 5.91 Å². The molecule has 3 aliphatic rings. The largest absolute Gasteiger partial charge is 0.337 e. The number of hydrogen-bond acceptors (Lipinski definition) is 3. The lowest BCUT2D eigenvalue weighted by molar-refractivity contribution is -0.122. The van der Waals surface area contributed by atoms with E-state index in [1.54, 1.807) is 0 Å². The van der Waals surface area contributed by atoms with Gasteiger partial charge < -0.3 is 5.32 Å². The summed E-state index contributed by atoms with van der Waals surface area (Å²) >= 11 is 0. The number of carbonyl (C=O) groups excluding carboxylic acids is 1. The maximum absolute atomic E-state index is 11.1. The Kier molecular flexibility index (Phi) is 2.20. The van der Waals surface area contributed by atoms with Gasteiger partial charge in [0, 0.05) is 13.5 Å². The summed E-state index contributed by atoms with van der Waals surface area (Å²) in [7, 11) is 0. The van der Waals surface area contributed by atoms with Gasteiger partial charge in [-0.1, -0.05) is 0 Å². The number of nitrogens with one attached hydrogen (secondary N) is 1. The Morgan fingerprint density at radius 3 is 2.57 bits per heavy atom. The third-order valence-corrected chi connectivity index (χ3v) is 3.36. The molecule has 1 N–H and O–H groups in total. The number of nitriles is 1. The zero-order valence-electron chi connectivity index (χ0n) is 8.42. The van der Waals surface area contributed by atoms with E-state index in [0.29, 0.717) is 12.5 Å². The van der Waals surface area contributed by atoms with Crippen molar-refractivity contribution in [2.24, 2.45) is 5.92 Å². The van der Waals surface area contributed by atoms with Crippen LogP contribution in [0.1, 0.15) is 19.8 Å². The first-order valence-electron chi connectivity index (χ1n) is 5.09. The van der Waals surface area contributed by atoms with E-state index < -0.39 is 5.54 Å². The summed E-state index contributed by atoms with van der Waals surface area (Å²) < 4.78 is 0. The fourth-order valence-electron chi connectivity index (χ4n) is 2.68. The standard InChI is InChI=1S/C10H15N3O/c1-8(14)12-10(6-11)7-13-4-2-9(10)3-5-13/h9H,2-5,7H2,1H3,(H,12,14). The third-order valence-electron chi connectivity index (χ3n) is 3.36. The van der Waals surface area contributed by atoms with Crippen LogP contribution in [0.25, 0.3) is 0 Å². The normalized spacial score (nSPS) is 40.3. The Balaban J connectivity index is 2.20. The number of rotatable bonds is 1. The summed E-state index contributed by atoms with van der Waals surface area (Å²) in [6.07, 6.45) is 2.07. The Morgan fingerprint density at radius 2 is 2.21 bits per heavy atom. The van der Waals surface area contributed by atoms with Gasteiger partial charge in [-0.2, -0.15) is 5.26 Å². The average Bonchev–Trinajstić information content (AvgIpc) is 2.18. The topological polar surface area (TPSA) is 56.1 Å². The van der Waals surface area contributed by atoms with Gasteiger partial charge in [0.05, 0.1) is 6.07 Å². The number of carbonyl (C=O) groups is 1. The summed E-state index contributed by atoms with van der Waals surface area (Å²) in [4.78, 5) is 13.3. The Labute approximate surface area is 83.9 Å². The smallest absolute Gasteiger partial charge is 0.218 e. The minimum atomic E-state index is -0.609. The second-order valence-electron chi connectivity index (χ2n) is 4.31. The van der Waals surface area contributed by atoms with Crippen LogP contribution in [-0.4, -0.2) is 36.0 Å². The van der Waals surface area contributed by atoms with E-state index in [9.17, 15) is 10.1 Å². The first-order chi connectivity index (χ1) is 6.66. The van der Waals surface area contributed by atoms with Crippen LogP contribution in [0.4, 0.5) is 0 Å². The van der Waals surface area contributed by atoms with Crippen LogP contribution in [0.2, 0.25) is 0 Å². The molecule has 0 aromatic rings. The predicted octanol–water partition coefficient (Wildman–Crippen LogP) is 0.110. The molecule has 3 fully saturated rings. The van der Waals surface area contributed by atoms with Crippen molar-refractivity contribution in [3.8, 4) is 6.07 Å². The average molecular weight is 193 g/mol. The Hall–Kier alpha value is -1.08. The van der Waals surface area contributed by atoms with Crippen LogP contribution >= 0.6 is 0 Å². The van der Waals surface area contributed by atoms with Gasteiger partial charge in [-0.05, 0) is 31.8 Å². The van der Waals surface area contributed by atoms with Crippen molar-refractivity contribution < 1.29 is 4.79 Å². The molecule has 1 unspecified atom stereocenters. The minimum Gasteiger partial charge on any atom is -0.337 e. The molecule has 0 aromatic heterocycles. The van der Waals surface area contributed by atoms with Crippen LogP contribution in [-0.2, 0) is 4.79 Å². The number of hydrogen-bond donors (Lipinski definition) is 1. The summed E-state index contributed by atoms with van der Waals surface area (Å²) in [6, 6.07) is 2.31. The zero-order chi connectivity index (χ0) is 10.2. The molecular formula is C10H15N3O. The number of fused-ring (bicyclic) bond motifs is 3. The van der Waals surface area contributed by atoms with Gasteiger partial charge in [0.2, 0.25) is 5.91 Å². The lowest BCUT2D eigenvalue weighted by Gasteiger charge is -2.49. The molecule has 0 saturated carbocycles. The lowest BCUT2D eigenvalue weighted by atomic mass is 9.73. The predicted molar refractivity (Wildman–Crippen MR) is 51.3 cm³/mol. The van der Waals surface area contributed by atoms with Crippen molar-refractivity contribution >= 4 is 5.91 Å². The summed E-state index contributed by atoms with van der Waals surface area (Å²) in [6.45, 7) is 4.34. The lowest BCUT2D eigenvalue weighted by Crippen LogP contribution is -2.66. The molecule has 4 nitrogen and oxygen atoms in total. The second kappa shape index (κ2) is 3.25. The van der Waals surface area contributed by atoms with Gasteiger partial charge >= 0.3 is 0 Å². The highest BCUT2D eigenvalue weighted by molar-refractivity contribution is 5.74. The first kappa shape index (κ1) is 9.47. The molecule has 0 aliphatic carbocycles. The summed E-state index contributed by atoms with van der Waals surface area (Å²) in [5.41, 5.74) is -0.609. The van der Waals surface area contributed by atoms with Crippen LogP contribution in [0.5, 0.6) is 0 Å². The second-order valence-corrected chi connectivity index (χ2v) is 4.31.